The van der Waals surface area contributed by atoms with E-state index in [1.165, 1.54) is 0 Å². The number of rotatable bonds is 9. The Hall–Kier alpha value is -4.46. The Labute approximate surface area is 235 Å². The van der Waals surface area contributed by atoms with Gasteiger partial charge in [-0.15, -0.1) is 0 Å². The number of nitrogens with one attached hydrogen (secondary N) is 3. The molecule has 0 radical (unpaired) electrons. The van der Waals surface area contributed by atoms with E-state index in [0.717, 1.165) is 15.6 Å². The third-order valence-electron chi connectivity index (χ3n) is 4.99. The van der Waals surface area contributed by atoms with E-state index in [0.29, 0.717) is 23.6 Å². The molecular formula is C26H25BrF3N5O5. The van der Waals surface area contributed by atoms with Gasteiger partial charge in [0, 0.05) is 29.2 Å². The van der Waals surface area contributed by atoms with Crippen molar-refractivity contribution >= 4 is 45.2 Å². The van der Waals surface area contributed by atoms with E-state index in [1.54, 1.807) is 36.7 Å². The number of carbonyl (C=O) groups is 3. The van der Waals surface area contributed by atoms with E-state index in [-0.39, 0.29) is 18.3 Å². The average molecular weight is 624 g/mol. The molecule has 0 spiro atoms. The van der Waals surface area contributed by atoms with Crippen LogP contribution in [0.25, 0.3) is 0 Å². The molecule has 1 aromatic heterocycles. The average Bonchev–Trinajstić information content (AvgIpc) is 2.88. The van der Waals surface area contributed by atoms with Crippen molar-refractivity contribution in [2.45, 2.75) is 32.2 Å². The summed E-state index contributed by atoms with van der Waals surface area (Å²) < 4.78 is 38.3. The van der Waals surface area contributed by atoms with Crippen LogP contribution in [-0.4, -0.2) is 39.9 Å². The van der Waals surface area contributed by atoms with Crippen molar-refractivity contribution in [3.05, 3.63) is 88.2 Å². The van der Waals surface area contributed by atoms with Crippen LogP contribution < -0.4 is 21.1 Å². The van der Waals surface area contributed by atoms with Gasteiger partial charge in [0.25, 0.3) is 0 Å². The first-order valence-corrected chi connectivity index (χ1v) is 12.2. The Balaban J connectivity index is 0.000000708. The summed E-state index contributed by atoms with van der Waals surface area (Å²) in [5.74, 6) is -2.96. The predicted molar refractivity (Wildman–Crippen MR) is 144 cm³/mol. The summed E-state index contributed by atoms with van der Waals surface area (Å²) in [4.78, 5) is 37.5. The number of benzene rings is 2. The van der Waals surface area contributed by atoms with E-state index in [4.69, 9.17) is 25.8 Å². The van der Waals surface area contributed by atoms with E-state index >= 15 is 0 Å². The number of carboxylic acid groups (broad SMARTS) is 1. The van der Waals surface area contributed by atoms with Gasteiger partial charge in [-0.05, 0) is 70.9 Å². The zero-order chi connectivity index (χ0) is 29.9. The molecule has 0 aliphatic carbocycles. The number of nitrogens with two attached hydrogens (primary N) is 1. The normalized spacial score (nSPS) is 11.3. The van der Waals surface area contributed by atoms with E-state index in [9.17, 15) is 22.8 Å². The Morgan fingerprint density at radius 1 is 1.12 bits per heavy atom. The minimum atomic E-state index is -5.08. The van der Waals surface area contributed by atoms with Crippen molar-refractivity contribution in [3.63, 3.8) is 0 Å². The molecule has 14 heteroatoms. The van der Waals surface area contributed by atoms with E-state index in [1.807, 2.05) is 37.3 Å². The van der Waals surface area contributed by atoms with Crippen LogP contribution in [0.2, 0.25) is 0 Å². The Kier molecular flexibility index (Phi) is 11.6. The first kappa shape index (κ1) is 31.8. The summed E-state index contributed by atoms with van der Waals surface area (Å²) in [7, 11) is 0. The predicted octanol–water partition coefficient (Wildman–Crippen LogP) is 4.55. The number of nitrogens with zero attached hydrogens (tertiary/aromatic N) is 1. The fourth-order valence-electron chi connectivity index (χ4n) is 3.01. The first-order chi connectivity index (χ1) is 18.8. The Morgan fingerprint density at radius 2 is 1.77 bits per heavy atom. The molecule has 0 aliphatic rings. The summed E-state index contributed by atoms with van der Waals surface area (Å²) in [6.45, 7) is 2.24. The van der Waals surface area contributed by atoms with Crippen molar-refractivity contribution in [2.24, 2.45) is 5.73 Å². The molecule has 1 heterocycles. The highest BCUT2D eigenvalue weighted by atomic mass is 79.9. The van der Waals surface area contributed by atoms with Crippen molar-refractivity contribution in [3.8, 4) is 5.75 Å². The Bertz CT molecular complexity index is 1340. The Morgan fingerprint density at radius 3 is 2.30 bits per heavy atom. The standard InChI is InChI=1S/C24H24BrN5O3.C2HF3O2/c1-15(18-6-9-21(20(25)11-18)33-14-16-3-2-10-28-13-16)29-22(31)12-23(32)30-19-7-4-17(5-8-19)24(26)27;3-2(4,5)1(6)7/h2-11,13,15H,12,14H2,1H3,(H3,26,27)(H,29,31)(H,30,32);(H,6,7). The van der Waals surface area contributed by atoms with Crippen molar-refractivity contribution in [2.75, 3.05) is 5.32 Å². The van der Waals surface area contributed by atoms with Crippen LogP contribution in [0.4, 0.5) is 18.9 Å². The van der Waals surface area contributed by atoms with Crippen LogP contribution in [0, 0.1) is 5.41 Å². The second kappa shape index (κ2) is 14.6. The molecular weight excluding hydrogens is 599 g/mol. The molecule has 212 valence electrons. The van der Waals surface area contributed by atoms with Gasteiger partial charge < -0.3 is 26.2 Å². The first-order valence-electron chi connectivity index (χ1n) is 11.4. The quantitative estimate of drug-likeness (QED) is 0.132. The molecule has 3 rings (SSSR count). The molecule has 0 saturated carbocycles. The van der Waals surface area contributed by atoms with Crippen molar-refractivity contribution in [1.29, 1.82) is 5.41 Å². The summed E-state index contributed by atoms with van der Waals surface area (Å²) in [5.41, 5.74) is 8.32. The lowest BCUT2D eigenvalue weighted by Gasteiger charge is -2.16. The zero-order valence-corrected chi connectivity index (χ0v) is 22.5. The SMILES string of the molecule is CC(NC(=O)CC(=O)Nc1ccc(C(=N)N)cc1)c1ccc(OCc2cccnc2)c(Br)c1.O=C(O)C(F)(F)F. The number of hydrogen-bond acceptors (Lipinski definition) is 6. The van der Waals surface area contributed by atoms with Crippen molar-refractivity contribution in [1.82, 2.24) is 10.3 Å². The van der Waals surface area contributed by atoms with Gasteiger partial charge in [0.05, 0.1) is 10.5 Å². The number of nitrogen functional groups attached to an aromatic ring is 1. The summed E-state index contributed by atoms with van der Waals surface area (Å²) >= 11 is 3.51. The number of pyridine rings is 1. The van der Waals surface area contributed by atoms with Gasteiger partial charge in [0.1, 0.15) is 24.6 Å². The smallest absolute Gasteiger partial charge is 0.488 e. The molecule has 6 N–H and O–H groups in total. The van der Waals surface area contributed by atoms with Crippen LogP contribution >= 0.6 is 15.9 Å². The van der Waals surface area contributed by atoms with Gasteiger partial charge >= 0.3 is 12.1 Å². The third kappa shape index (κ3) is 10.7. The lowest BCUT2D eigenvalue weighted by Crippen LogP contribution is -2.30. The number of hydrogen-bond donors (Lipinski definition) is 5. The number of anilines is 1. The minimum Gasteiger partial charge on any atom is -0.488 e. The number of carboxylic acids is 1. The fourth-order valence-corrected chi connectivity index (χ4v) is 3.52. The molecule has 0 fully saturated rings. The number of aliphatic carboxylic acids is 1. The van der Waals surface area contributed by atoms with Gasteiger partial charge in [-0.3, -0.25) is 20.0 Å². The van der Waals surface area contributed by atoms with Gasteiger partial charge in [-0.1, -0.05) is 12.1 Å². The third-order valence-corrected chi connectivity index (χ3v) is 5.61. The van der Waals surface area contributed by atoms with Crippen LogP contribution in [0.3, 0.4) is 0 Å². The molecule has 10 nitrogen and oxygen atoms in total. The van der Waals surface area contributed by atoms with Gasteiger partial charge in [-0.2, -0.15) is 13.2 Å². The maximum absolute atomic E-state index is 12.3. The molecule has 0 bridgehead atoms. The van der Waals surface area contributed by atoms with E-state index < -0.39 is 24.0 Å². The highest BCUT2D eigenvalue weighted by molar-refractivity contribution is 9.10. The largest absolute Gasteiger partial charge is 0.490 e. The van der Waals surface area contributed by atoms with Gasteiger partial charge in [0.15, 0.2) is 0 Å². The number of carbonyl (C=O) groups excluding carboxylic acids is 2. The number of halogens is 4. The van der Waals surface area contributed by atoms with E-state index in [2.05, 4.69) is 31.5 Å². The van der Waals surface area contributed by atoms with Crippen LogP contribution in [0.1, 0.15) is 36.1 Å². The monoisotopic (exact) mass is 623 g/mol. The molecule has 2 amide bonds. The van der Waals surface area contributed by atoms with Crippen LogP contribution in [0.15, 0.2) is 71.5 Å². The topological polar surface area (TPSA) is 167 Å². The number of amidine groups is 1. The molecule has 1 atom stereocenters. The van der Waals surface area contributed by atoms with Gasteiger partial charge in [-0.25, -0.2) is 4.79 Å². The highest BCUT2D eigenvalue weighted by Crippen LogP contribution is 2.29. The molecule has 40 heavy (non-hydrogen) atoms. The van der Waals surface area contributed by atoms with Crippen LogP contribution in [-0.2, 0) is 21.0 Å². The number of amides is 2. The zero-order valence-electron chi connectivity index (χ0n) is 21.0. The molecule has 2 aromatic carbocycles. The molecule has 3 aromatic rings. The summed E-state index contributed by atoms with van der Waals surface area (Å²) in [5, 5.41) is 20.0. The molecule has 0 aliphatic heterocycles. The molecule has 1 unspecified atom stereocenters. The lowest BCUT2D eigenvalue weighted by molar-refractivity contribution is -0.192. The second-order valence-corrected chi connectivity index (χ2v) is 9.00. The fraction of sp³-hybridized carbons (Fsp3) is 0.192. The second-order valence-electron chi connectivity index (χ2n) is 8.15. The molecule has 0 saturated heterocycles. The summed E-state index contributed by atoms with van der Waals surface area (Å²) in [6.07, 6.45) is -1.94. The number of aromatic nitrogens is 1. The minimum absolute atomic E-state index is 0.0547. The maximum Gasteiger partial charge on any atom is 0.490 e. The lowest BCUT2D eigenvalue weighted by atomic mass is 10.1. The number of alkyl halides is 3. The van der Waals surface area contributed by atoms with Crippen LogP contribution in [0.5, 0.6) is 5.75 Å². The van der Waals surface area contributed by atoms with Gasteiger partial charge in [0.2, 0.25) is 11.8 Å². The van der Waals surface area contributed by atoms with Crippen molar-refractivity contribution < 1.29 is 37.4 Å². The summed E-state index contributed by atoms with van der Waals surface area (Å²) in [6, 6.07) is 15.6. The highest BCUT2D eigenvalue weighted by Gasteiger charge is 2.38. The maximum atomic E-state index is 12.3. The number of ether oxygens (including phenoxy) is 1.